The van der Waals surface area contributed by atoms with E-state index >= 15 is 0 Å². The van der Waals surface area contributed by atoms with Crippen LogP contribution in [0, 0.1) is 10.1 Å². The van der Waals surface area contributed by atoms with Crippen molar-refractivity contribution in [1.82, 2.24) is 9.97 Å². The van der Waals surface area contributed by atoms with Crippen LogP contribution in [0.2, 0.25) is 0 Å². The van der Waals surface area contributed by atoms with Crippen LogP contribution < -0.4 is 0 Å². The zero-order chi connectivity index (χ0) is 13.3. The Morgan fingerprint density at radius 3 is 2.56 bits per heavy atom. The molecule has 18 heavy (non-hydrogen) atoms. The van der Waals surface area contributed by atoms with Gasteiger partial charge in [-0.05, 0) is 53.4 Å². The molecule has 0 bridgehead atoms. The van der Waals surface area contributed by atoms with Gasteiger partial charge in [-0.15, -0.1) is 0 Å². The average Bonchev–Trinajstić information content (AvgIpc) is 2.32. The van der Waals surface area contributed by atoms with Gasteiger partial charge in [0.05, 0.1) is 4.47 Å². The number of H-pyrrole nitrogens is 1. The molecular weight excluding hydrogens is 308 g/mol. The van der Waals surface area contributed by atoms with E-state index in [1.165, 1.54) is 31.4 Å². The Balaban J connectivity index is 2.25. The Morgan fingerprint density at radius 1 is 1.39 bits per heavy atom. The monoisotopic (exact) mass is 328 g/mol. The summed E-state index contributed by atoms with van der Waals surface area (Å²) in [4.78, 5) is 8.04. The molecule has 1 heterocycles. The van der Waals surface area contributed by atoms with Gasteiger partial charge in [-0.3, -0.25) is 0 Å². The van der Waals surface area contributed by atoms with Gasteiger partial charge in [-0.25, -0.2) is 4.98 Å². The van der Waals surface area contributed by atoms with Crippen LogP contribution in [0.3, 0.4) is 0 Å². The van der Waals surface area contributed by atoms with E-state index in [0.717, 1.165) is 16.7 Å². The summed E-state index contributed by atoms with van der Waals surface area (Å²) in [6.45, 7) is 6.86. The van der Waals surface area contributed by atoms with E-state index < -0.39 is 0 Å². The molecule has 1 saturated carbocycles. The molecule has 2 nitrogen and oxygen atoms in total. The Morgan fingerprint density at radius 2 is 2.00 bits per heavy atom. The highest BCUT2D eigenvalue weighted by Gasteiger charge is 2.28. The van der Waals surface area contributed by atoms with Crippen LogP contribution in [0.5, 0.6) is 0 Å². The van der Waals surface area contributed by atoms with Gasteiger partial charge >= 0.3 is 0 Å². The van der Waals surface area contributed by atoms with Gasteiger partial charge in [0.15, 0.2) is 0 Å². The molecule has 0 aliphatic heterocycles. The Hall–Kier alpha value is -0.220. The molecule has 1 N–H and O–H groups in total. The molecule has 1 aromatic heterocycles. The van der Waals surface area contributed by atoms with Gasteiger partial charge in [0, 0.05) is 11.6 Å². The number of aromatic nitrogens is 2. The highest BCUT2D eigenvalue weighted by atomic mass is 79.9. The van der Waals surface area contributed by atoms with E-state index in [1.54, 1.807) is 0 Å². The molecule has 1 fully saturated rings. The topological polar surface area (TPSA) is 28.7 Å². The minimum absolute atomic E-state index is 0.496. The van der Waals surface area contributed by atoms with Crippen molar-refractivity contribution in [3.05, 3.63) is 20.6 Å². The van der Waals surface area contributed by atoms with E-state index in [4.69, 9.17) is 12.2 Å². The summed E-state index contributed by atoms with van der Waals surface area (Å²) in [6.07, 6.45) is 5.94. The second-order valence-corrected chi connectivity index (χ2v) is 7.19. The number of aryl methyl sites for hydroxylation is 1. The van der Waals surface area contributed by atoms with Crippen molar-refractivity contribution in [2.24, 2.45) is 5.41 Å². The van der Waals surface area contributed by atoms with E-state index in [9.17, 15) is 0 Å². The minimum atomic E-state index is 0.496. The summed E-state index contributed by atoms with van der Waals surface area (Å²) in [5.41, 5.74) is 1.67. The maximum absolute atomic E-state index is 5.33. The average molecular weight is 329 g/mol. The second-order valence-electron chi connectivity index (χ2n) is 6.01. The van der Waals surface area contributed by atoms with Crippen LogP contribution in [-0.4, -0.2) is 9.97 Å². The second kappa shape index (κ2) is 5.41. The van der Waals surface area contributed by atoms with E-state index in [0.29, 0.717) is 16.0 Å². The molecule has 0 atom stereocenters. The Labute approximate surface area is 123 Å². The van der Waals surface area contributed by atoms with Crippen LogP contribution in [0.25, 0.3) is 0 Å². The fraction of sp³-hybridized carbons (Fsp3) is 0.714. The number of nitrogens with zero attached hydrogens (tertiary/aromatic N) is 1. The molecule has 0 aromatic carbocycles. The van der Waals surface area contributed by atoms with Crippen molar-refractivity contribution in [3.8, 4) is 0 Å². The molecule has 0 spiro atoms. The molecule has 0 amide bonds. The first-order valence-corrected chi connectivity index (χ1v) is 7.91. The van der Waals surface area contributed by atoms with Gasteiger partial charge in [0.25, 0.3) is 0 Å². The van der Waals surface area contributed by atoms with Crippen LogP contribution in [0.4, 0.5) is 0 Å². The van der Waals surface area contributed by atoms with Gasteiger partial charge in [-0.1, -0.05) is 33.0 Å². The largest absolute Gasteiger partial charge is 0.346 e. The Bertz CT molecular complexity index is 483. The Kier molecular flexibility index (Phi) is 4.27. The summed E-state index contributed by atoms with van der Waals surface area (Å²) >= 11 is 8.85. The lowest BCUT2D eigenvalue weighted by atomic mass is 9.73. The van der Waals surface area contributed by atoms with Crippen LogP contribution in [0.15, 0.2) is 4.47 Å². The van der Waals surface area contributed by atoms with Crippen LogP contribution in [0.1, 0.15) is 63.9 Å². The van der Waals surface area contributed by atoms with Crippen molar-refractivity contribution >= 4 is 28.1 Å². The smallest absolute Gasteiger partial charge is 0.144 e. The number of rotatable bonds is 2. The maximum atomic E-state index is 5.33. The third kappa shape index (κ3) is 3.02. The molecule has 4 heteroatoms. The molecule has 100 valence electrons. The highest BCUT2D eigenvalue weighted by molar-refractivity contribution is 9.10. The lowest BCUT2D eigenvalue weighted by Gasteiger charge is -2.33. The predicted molar refractivity (Wildman–Crippen MR) is 81.5 cm³/mol. The normalized spacial score (nSPS) is 20.0. The van der Waals surface area contributed by atoms with Crippen molar-refractivity contribution < 1.29 is 0 Å². The van der Waals surface area contributed by atoms with Crippen LogP contribution >= 0.6 is 28.1 Å². The first kappa shape index (κ1) is 14.2. The van der Waals surface area contributed by atoms with E-state index in [1.807, 2.05) is 0 Å². The maximum Gasteiger partial charge on any atom is 0.144 e. The number of hydrogen-bond acceptors (Lipinski definition) is 2. The number of nitrogens with one attached hydrogen (secondary N) is 1. The molecule has 1 aliphatic rings. The highest BCUT2D eigenvalue weighted by Crippen LogP contribution is 2.41. The fourth-order valence-electron chi connectivity index (χ4n) is 2.63. The fourth-order valence-corrected chi connectivity index (χ4v) is 3.32. The molecule has 1 aromatic rings. The molecule has 1 aliphatic carbocycles. The zero-order valence-corrected chi connectivity index (χ0v) is 13.7. The quantitative estimate of drug-likeness (QED) is 0.760. The zero-order valence-electron chi connectivity index (χ0n) is 11.3. The number of hydrogen-bond donors (Lipinski definition) is 1. The minimum Gasteiger partial charge on any atom is -0.346 e. The number of halogens is 1. The van der Waals surface area contributed by atoms with Crippen molar-refractivity contribution in [2.75, 3.05) is 0 Å². The molecule has 0 saturated heterocycles. The number of aromatic amines is 1. The summed E-state index contributed by atoms with van der Waals surface area (Å²) in [7, 11) is 0. The van der Waals surface area contributed by atoms with Gasteiger partial charge in [0.1, 0.15) is 10.5 Å². The first-order valence-electron chi connectivity index (χ1n) is 6.71. The van der Waals surface area contributed by atoms with E-state index in [-0.39, 0.29) is 0 Å². The first-order chi connectivity index (χ1) is 8.43. The van der Waals surface area contributed by atoms with E-state index in [2.05, 4.69) is 46.7 Å². The van der Waals surface area contributed by atoms with Crippen LogP contribution in [-0.2, 0) is 6.42 Å². The molecule has 0 unspecified atom stereocenters. The van der Waals surface area contributed by atoms with Gasteiger partial charge in [-0.2, -0.15) is 0 Å². The van der Waals surface area contributed by atoms with Gasteiger partial charge in [0.2, 0.25) is 0 Å². The third-order valence-corrected chi connectivity index (χ3v) is 5.45. The predicted octanol–water partition coefficient (Wildman–Crippen LogP) is 5.15. The van der Waals surface area contributed by atoms with Crippen molar-refractivity contribution in [2.45, 2.75) is 58.8 Å². The summed E-state index contributed by atoms with van der Waals surface area (Å²) in [6, 6.07) is 0. The standard InChI is InChI=1S/C14H21BrN2S/c1-4-10-11(15)13(18)17-12(16-10)9-5-7-14(2,3)8-6-9/h9H,4-8H2,1-3H3,(H,16,17,18). The van der Waals surface area contributed by atoms with Crippen molar-refractivity contribution in [1.29, 1.82) is 0 Å². The summed E-state index contributed by atoms with van der Waals surface area (Å²) < 4.78 is 1.66. The summed E-state index contributed by atoms with van der Waals surface area (Å²) in [5.74, 6) is 1.65. The summed E-state index contributed by atoms with van der Waals surface area (Å²) in [5, 5.41) is 0. The lowest BCUT2D eigenvalue weighted by molar-refractivity contribution is 0.220. The third-order valence-electron chi connectivity index (χ3n) is 4.03. The molecule has 2 rings (SSSR count). The van der Waals surface area contributed by atoms with Gasteiger partial charge < -0.3 is 4.98 Å². The molecule has 0 radical (unpaired) electrons. The van der Waals surface area contributed by atoms with Crippen molar-refractivity contribution in [3.63, 3.8) is 0 Å². The lowest BCUT2D eigenvalue weighted by Crippen LogP contribution is -2.21. The SMILES string of the molecule is CCc1[nH]c(C2CCC(C)(C)CC2)nc(=S)c1Br. The molecular formula is C14H21BrN2S.